The highest BCUT2D eigenvalue weighted by Crippen LogP contribution is 2.32. The molecule has 1 atom stereocenters. The summed E-state index contributed by atoms with van der Waals surface area (Å²) < 4.78 is 8.26. The molecule has 1 fully saturated rings. The lowest BCUT2D eigenvalue weighted by Gasteiger charge is -2.14. The molecule has 0 saturated carbocycles. The molecule has 2 aromatic heterocycles. The third-order valence-corrected chi connectivity index (χ3v) is 5.52. The number of carbonyl (C=O) groups excluding carboxylic acids is 2. The first-order valence-corrected chi connectivity index (χ1v) is 10.1. The molecule has 1 amide bonds. The number of nitrogens with zero attached hydrogens (tertiary/aromatic N) is 3. The number of aryl methyl sites for hydroxylation is 2. The van der Waals surface area contributed by atoms with E-state index in [1.54, 1.807) is 4.40 Å². The van der Waals surface area contributed by atoms with Crippen molar-refractivity contribution in [2.45, 2.75) is 52.7 Å². The van der Waals surface area contributed by atoms with Crippen LogP contribution in [0.4, 0.5) is 0 Å². The Hall–Kier alpha value is -3.16. The predicted molar refractivity (Wildman–Crippen MR) is 112 cm³/mol. The Balaban J connectivity index is 1.48. The third-order valence-electron chi connectivity index (χ3n) is 5.52. The van der Waals surface area contributed by atoms with Crippen molar-refractivity contribution in [3.05, 3.63) is 45.9 Å². The Kier molecular flexibility index (Phi) is 4.88. The molecular formula is C22H26N4O4. The van der Waals surface area contributed by atoms with Crippen molar-refractivity contribution < 1.29 is 14.3 Å². The van der Waals surface area contributed by atoms with Gasteiger partial charge in [0.15, 0.2) is 5.65 Å². The molecule has 1 aliphatic heterocycles. The van der Waals surface area contributed by atoms with Gasteiger partial charge in [0.2, 0.25) is 5.91 Å². The van der Waals surface area contributed by atoms with Crippen molar-refractivity contribution in [1.29, 1.82) is 0 Å². The second-order valence-corrected chi connectivity index (χ2v) is 8.69. The summed E-state index contributed by atoms with van der Waals surface area (Å²) in [7, 11) is 0. The number of aromatic nitrogens is 3. The first-order valence-electron chi connectivity index (χ1n) is 10.1. The number of rotatable bonds is 5. The first kappa shape index (κ1) is 20.1. The average Bonchev–Trinajstić information content (AvgIpc) is 3.12. The fraction of sp³-hybridized carbons (Fsp3) is 0.455. The van der Waals surface area contributed by atoms with Crippen LogP contribution >= 0.6 is 0 Å². The number of fused-ring (bicyclic) bond motifs is 3. The van der Waals surface area contributed by atoms with Gasteiger partial charge in [-0.2, -0.15) is 0 Å². The number of hydrogen-bond donors (Lipinski definition) is 1. The van der Waals surface area contributed by atoms with Gasteiger partial charge in [-0.25, -0.2) is 13.9 Å². The number of pyridine rings is 1. The SMILES string of the molecule is Cc1ccc2cc(C)c3nn(CCNC(=O)C[C@@H]4CC(C)(C)OC4=O)c(=O)n3c2c1. The predicted octanol–water partition coefficient (Wildman–Crippen LogP) is 2.11. The zero-order chi connectivity index (χ0) is 21.6. The van der Waals surface area contributed by atoms with E-state index in [1.165, 1.54) is 4.68 Å². The van der Waals surface area contributed by atoms with Gasteiger partial charge in [-0.15, -0.1) is 5.10 Å². The highest BCUT2D eigenvalue weighted by molar-refractivity contribution is 5.85. The molecule has 1 aliphatic rings. The number of benzene rings is 1. The number of esters is 1. The number of cyclic esters (lactones) is 1. The van der Waals surface area contributed by atoms with Crippen LogP contribution in [0.2, 0.25) is 0 Å². The van der Waals surface area contributed by atoms with Gasteiger partial charge in [-0.1, -0.05) is 12.1 Å². The van der Waals surface area contributed by atoms with Crippen LogP contribution in [-0.2, 0) is 20.9 Å². The van der Waals surface area contributed by atoms with Gasteiger partial charge < -0.3 is 10.1 Å². The topological polar surface area (TPSA) is 94.7 Å². The Morgan fingerprint density at radius 3 is 2.73 bits per heavy atom. The summed E-state index contributed by atoms with van der Waals surface area (Å²) >= 11 is 0. The molecule has 0 unspecified atom stereocenters. The van der Waals surface area contributed by atoms with E-state index in [4.69, 9.17) is 4.74 Å². The van der Waals surface area contributed by atoms with E-state index in [0.29, 0.717) is 12.1 Å². The second-order valence-electron chi connectivity index (χ2n) is 8.69. The van der Waals surface area contributed by atoms with Crippen molar-refractivity contribution in [3.8, 4) is 0 Å². The molecular weight excluding hydrogens is 384 g/mol. The van der Waals surface area contributed by atoms with E-state index in [0.717, 1.165) is 22.0 Å². The van der Waals surface area contributed by atoms with Crippen LogP contribution in [0.25, 0.3) is 16.6 Å². The van der Waals surface area contributed by atoms with Crippen LogP contribution in [0.5, 0.6) is 0 Å². The quantitative estimate of drug-likeness (QED) is 0.650. The van der Waals surface area contributed by atoms with Crippen LogP contribution in [0.1, 0.15) is 37.8 Å². The molecule has 8 heteroatoms. The van der Waals surface area contributed by atoms with Crippen molar-refractivity contribution in [1.82, 2.24) is 19.5 Å². The lowest BCUT2D eigenvalue weighted by molar-refractivity contribution is -0.149. The van der Waals surface area contributed by atoms with Gasteiger partial charge in [-0.3, -0.25) is 9.59 Å². The van der Waals surface area contributed by atoms with Crippen molar-refractivity contribution in [2.24, 2.45) is 5.92 Å². The first-order chi connectivity index (χ1) is 14.1. The summed E-state index contributed by atoms with van der Waals surface area (Å²) in [5.74, 6) is -0.983. The number of nitrogens with one attached hydrogen (secondary N) is 1. The average molecular weight is 410 g/mol. The van der Waals surface area contributed by atoms with Crippen LogP contribution < -0.4 is 11.0 Å². The van der Waals surface area contributed by atoms with E-state index >= 15 is 0 Å². The monoisotopic (exact) mass is 410 g/mol. The van der Waals surface area contributed by atoms with E-state index < -0.39 is 11.5 Å². The van der Waals surface area contributed by atoms with Crippen LogP contribution in [-0.4, -0.2) is 38.2 Å². The molecule has 0 aliphatic carbocycles. The molecule has 4 rings (SSSR count). The maximum atomic E-state index is 13.0. The van der Waals surface area contributed by atoms with E-state index in [-0.39, 0.29) is 37.1 Å². The fourth-order valence-corrected chi connectivity index (χ4v) is 4.12. The highest BCUT2D eigenvalue weighted by Gasteiger charge is 2.40. The van der Waals surface area contributed by atoms with Gasteiger partial charge in [0.25, 0.3) is 0 Å². The van der Waals surface area contributed by atoms with Gasteiger partial charge >= 0.3 is 11.7 Å². The fourth-order valence-electron chi connectivity index (χ4n) is 4.12. The lowest BCUT2D eigenvalue weighted by atomic mass is 9.95. The maximum absolute atomic E-state index is 13.0. The molecule has 0 bridgehead atoms. The smallest absolute Gasteiger partial charge is 0.350 e. The number of ether oxygens (including phenoxy) is 1. The van der Waals surface area contributed by atoms with E-state index in [9.17, 15) is 14.4 Å². The number of carbonyl (C=O) groups is 2. The molecule has 1 aromatic carbocycles. The molecule has 8 nitrogen and oxygen atoms in total. The second kappa shape index (κ2) is 7.27. The summed E-state index contributed by atoms with van der Waals surface area (Å²) in [6.07, 6.45) is 0.613. The Labute approximate surface area is 173 Å². The number of hydrogen-bond acceptors (Lipinski definition) is 5. The molecule has 158 valence electrons. The molecule has 3 heterocycles. The zero-order valence-electron chi connectivity index (χ0n) is 17.7. The Bertz CT molecular complexity index is 1220. The summed E-state index contributed by atoms with van der Waals surface area (Å²) in [6.45, 7) is 8.09. The van der Waals surface area contributed by atoms with Crippen LogP contribution in [0.15, 0.2) is 29.1 Å². The maximum Gasteiger partial charge on any atom is 0.350 e. The van der Waals surface area contributed by atoms with Crippen molar-refractivity contribution in [3.63, 3.8) is 0 Å². The van der Waals surface area contributed by atoms with Gasteiger partial charge in [-0.05, 0) is 56.3 Å². The Morgan fingerprint density at radius 2 is 2.03 bits per heavy atom. The van der Waals surface area contributed by atoms with Crippen LogP contribution in [0.3, 0.4) is 0 Å². The number of amides is 1. The molecule has 1 saturated heterocycles. The highest BCUT2D eigenvalue weighted by atomic mass is 16.6. The summed E-state index contributed by atoms with van der Waals surface area (Å²) in [5, 5.41) is 8.23. The minimum absolute atomic E-state index is 0.0886. The van der Waals surface area contributed by atoms with E-state index in [1.807, 2.05) is 52.0 Å². The molecule has 0 radical (unpaired) electrons. The summed E-state index contributed by atoms with van der Waals surface area (Å²) in [6, 6.07) is 8.00. The van der Waals surface area contributed by atoms with Crippen molar-refractivity contribution in [2.75, 3.05) is 6.54 Å². The van der Waals surface area contributed by atoms with Crippen molar-refractivity contribution >= 4 is 28.4 Å². The summed E-state index contributed by atoms with van der Waals surface area (Å²) in [5.41, 5.74) is 2.64. The summed E-state index contributed by atoms with van der Waals surface area (Å²) in [4.78, 5) is 37.1. The zero-order valence-corrected chi connectivity index (χ0v) is 17.7. The van der Waals surface area contributed by atoms with E-state index in [2.05, 4.69) is 10.4 Å². The molecule has 1 N–H and O–H groups in total. The minimum Gasteiger partial charge on any atom is -0.459 e. The minimum atomic E-state index is -0.523. The largest absolute Gasteiger partial charge is 0.459 e. The molecule has 3 aromatic rings. The van der Waals surface area contributed by atoms with Gasteiger partial charge in [0.1, 0.15) is 5.60 Å². The normalized spacial score (nSPS) is 18.1. The molecule has 0 spiro atoms. The van der Waals surface area contributed by atoms with Crippen LogP contribution in [0, 0.1) is 19.8 Å². The van der Waals surface area contributed by atoms with Gasteiger partial charge in [0.05, 0.1) is 18.0 Å². The molecule has 30 heavy (non-hydrogen) atoms. The van der Waals surface area contributed by atoms with Gasteiger partial charge in [0, 0.05) is 19.4 Å². The standard InChI is InChI=1S/C22H26N4O4/c1-13-5-6-15-10-14(2)19-24-25(21(29)26(19)17(15)9-13)8-7-23-18(27)11-16-12-22(3,4)30-20(16)28/h5-6,9-10,16H,7-8,11-12H2,1-4H3,(H,23,27)/t16-/m1/s1. The Morgan fingerprint density at radius 1 is 1.27 bits per heavy atom. The lowest BCUT2D eigenvalue weighted by Crippen LogP contribution is -2.32. The third kappa shape index (κ3) is 3.69.